The van der Waals surface area contributed by atoms with E-state index < -0.39 is 29.4 Å². The maximum atomic E-state index is 12.6. The highest BCUT2D eigenvalue weighted by molar-refractivity contribution is 6.05. The molecule has 0 aliphatic rings. The van der Waals surface area contributed by atoms with Gasteiger partial charge in [0.2, 0.25) is 0 Å². The molecule has 0 spiro atoms. The van der Waals surface area contributed by atoms with E-state index in [1.807, 2.05) is 0 Å². The molecule has 4 N–H and O–H groups in total. The molecule has 0 saturated heterocycles. The Morgan fingerprint density at radius 1 is 1.06 bits per heavy atom. The van der Waals surface area contributed by atoms with Crippen LogP contribution in [0.25, 0.3) is 0 Å². The van der Waals surface area contributed by atoms with E-state index in [4.69, 9.17) is 25.7 Å². The molecule has 0 heterocycles. The maximum Gasteiger partial charge on any atom is 0.416 e. The number of carboxylic acid groups (broad SMARTS) is 1. The summed E-state index contributed by atoms with van der Waals surface area (Å²) in [7, 11) is 0. The zero-order chi connectivity index (χ0) is 23.4. The van der Waals surface area contributed by atoms with Crippen LogP contribution in [-0.2, 0) is 11.0 Å². The van der Waals surface area contributed by atoms with Crippen molar-refractivity contribution in [1.82, 2.24) is 0 Å². The average Bonchev–Trinajstić information content (AvgIpc) is 2.68. The quantitative estimate of drug-likeness (QED) is 0.445. The Morgan fingerprint density at radius 3 is 2.06 bits per heavy atom. The molecule has 0 amide bonds. The predicted octanol–water partition coefficient (Wildman–Crippen LogP) is 4.10. The molecule has 0 aliphatic heterocycles. The van der Waals surface area contributed by atoms with Gasteiger partial charge in [-0.3, -0.25) is 5.41 Å². The number of hydrogen-bond acceptors (Lipinski definition) is 4. The van der Waals surface area contributed by atoms with E-state index in [2.05, 4.69) is 4.99 Å². The summed E-state index contributed by atoms with van der Waals surface area (Å²) >= 11 is 0. The van der Waals surface area contributed by atoms with E-state index in [0.717, 1.165) is 24.3 Å². The van der Waals surface area contributed by atoms with Crippen LogP contribution in [0.4, 0.5) is 13.2 Å². The molecular formula is C21H22F3N3O4. The van der Waals surface area contributed by atoms with Gasteiger partial charge >= 0.3 is 12.1 Å². The summed E-state index contributed by atoms with van der Waals surface area (Å²) in [6, 6.07) is 10.2. The van der Waals surface area contributed by atoms with Crippen LogP contribution in [0.2, 0.25) is 0 Å². The normalized spacial score (nSPS) is 13.4. The molecule has 31 heavy (non-hydrogen) atoms. The minimum atomic E-state index is -4.46. The van der Waals surface area contributed by atoms with Crippen molar-refractivity contribution in [3.8, 4) is 11.5 Å². The van der Waals surface area contributed by atoms with Gasteiger partial charge in [0.15, 0.2) is 17.5 Å². The summed E-state index contributed by atoms with van der Waals surface area (Å²) in [5, 5.41) is 17.0. The van der Waals surface area contributed by atoms with Crippen LogP contribution in [0.5, 0.6) is 11.5 Å². The molecule has 2 rings (SSSR count). The minimum Gasteiger partial charge on any atom is -0.483 e. The number of alkyl halides is 3. The molecule has 0 radical (unpaired) electrons. The van der Waals surface area contributed by atoms with Crippen molar-refractivity contribution in [2.45, 2.75) is 38.7 Å². The van der Waals surface area contributed by atoms with Crippen molar-refractivity contribution in [2.75, 3.05) is 0 Å². The molecule has 1 unspecified atom stereocenters. The van der Waals surface area contributed by atoms with E-state index in [9.17, 15) is 18.0 Å². The van der Waals surface area contributed by atoms with Crippen LogP contribution in [0.3, 0.4) is 0 Å². The predicted molar refractivity (Wildman–Crippen MR) is 109 cm³/mol. The van der Waals surface area contributed by atoms with E-state index in [1.165, 1.54) is 26.0 Å². The first-order chi connectivity index (χ1) is 14.3. The Kier molecular flexibility index (Phi) is 6.94. The third-order valence-corrected chi connectivity index (χ3v) is 4.17. The summed E-state index contributed by atoms with van der Waals surface area (Å²) in [5.41, 5.74) is 3.82. The Balaban J connectivity index is 2.02. The first kappa shape index (κ1) is 23.7. The molecule has 2 aromatic carbocycles. The van der Waals surface area contributed by atoms with Crippen molar-refractivity contribution in [1.29, 1.82) is 5.41 Å². The molecule has 0 aliphatic carbocycles. The number of nitrogens with two attached hydrogens (primary N) is 1. The average molecular weight is 437 g/mol. The number of amidine groups is 2. The lowest BCUT2D eigenvalue weighted by Crippen LogP contribution is -2.37. The SMILES string of the molecule is CC(Oc1ccc(OC(C)(C)C(=O)O)cc1)C(N)=NC(=N)c1ccc(C(F)(F)F)cc1. The summed E-state index contributed by atoms with van der Waals surface area (Å²) < 4.78 is 48.9. The first-order valence-corrected chi connectivity index (χ1v) is 9.09. The lowest BCUT2D eigenvalue weighted by Gasteiger charge is -2.21. The van der Waals surface area contributed by atoms with Crippen LogP contribution >= 0.6 is 0 Å². The number of nitrogens with zero attached hydrogens (tertiary/aromatic N) is 1. The highest BCUT2D eigenvalue weighted by atomic mass is 19.4. The lowest BCUT2D eigenvalue weighted by molar-refractivity contribution is -0.152. The molecule has 0 saturated carbocycles. The van der Waals surface area contributed by atoms with Gasteiger partial charge in [0, 0.05) is 5.56 Å². The molecular weight excluding hydrogens is 415 g/mol. The third-order valence-electron chi connectivity index (χ3n) is 4.17. The fraction of sp³-hybridized carbons (Fsp3) is 0.286. The Labute approximate surface area is 176 Å². The fourth-order valence-electron chi connectivity index (χ4n) is 2.29. The van der Waals surface area contributed by atoms with Crippen molar-refractivity contribution in [3.63, 3.8) is 0 Å². The number of nitrogens with one attached hydrogen (secondary N) is 1. The van der Waals surface area contributed by atoms with Crippen LogP contribution in [0.15, 0.2) is 53.5 Å². The summed E-state index contributed by atoms with van der Waals surface area (Å²) in [5.74, 6) is -0.732. The molecule has 2 aromatic rings. The molecule has 166 valence electrons. The second-order valence-corrected chi connectivity index (χ2v) is 7.11. The van der Waals surface area contributed by atoms with Crippen molar-refractivity contribution >= 4 is 17.6 Å². The number of carboxylic acids is 1. The van der Waals surface area contributed by atoms with Gasteiger partial charge in [0.25, 0.3) is 0 Å². The topological polar surface area (TPSA) is 118 Å². The summed E-state index contributed by atoms with van der Waals surface area (Å²) in [4.78, 5) is 15.0. The van der Waals surface area contributed by atoms with Crippen molar-refractivity contribution in [2.24, 2.45) is 10.7 Å². The number of benzene rings is 2. The molecule has 7 nitrogen and oxygen atoms in total. The molecule has 1 atom stereocenters. The number of aliphatic imine (C=N–C) groups is 1. The largest absolute Gasteiger partial charge is 0.483 e. The number of rotatable bonds is 7. The van der Waals surface area contributed by atoms with Gasteiger partial charge in [-0.25, -0.2) is 9.79 Å². The summed E-state index contributed by atoms with van der Waals surface area (Å²) in [6.45, 7) is 4.44. The molecule has 0 aromatic heterocycles. The van der Waals surface area contributed by atoms with E-state index >= 15 is 0 Å². The molecule has 10 heteroatoms. The number of hydrogen-bond donors (Lipinski definition) is 3. The zero-order valence-electron chi connectivity index (χ0n) is 17.0. The van der Waals surface area contributed by atoms with Crippen LogP contribution in [0.1, 0.15) is 31.9 Å². The van der Waals surface area contributed by atoms with E-state index in [-0.39, 0.29) is 17.2 Å². The van der Waals surface area contributed by atoms with E-state index in [1.54, 1.807) is 19.1 Å². The second-order valence-electron chi connectivity index (χ2n) is 7.11. The van der Waals surface area contributed by atoms with Gasteiger partial charge in [0.1, 0.15) is 17.3 Å². The zero-order valence-corrected chi connectivity index (χ0v) is 17.0. The maximum absolute atomic E-state index is 12.6. The Morgan fingerprint density at radius 2 is 1.58 bits per heavy atom. The second kappa shape index (κ2) is 9.07. The van der Waals surface area contributed by atoms with Gasteiger partial charge in [-0.15, -0.1) is 0 Å². The van der Waals surface area contributed by atoms with E-state index in [0.29, 0.717) is 11.5 Å². The van der Waals surface area contributed by atoms with Crippen LogP contribution < -0.4 is 15.2 Å². The van der Waals surface area contributed by atoms with Gasteiger partial charge in [-0.2, -0.15) is 13.2 Å². The lowest BCUT2D eigenvalue weighted by atomic mass is 10.1. The summed E-state index contributed by atoms with van der Waals surface area (Å²) in [6.07, 6.45) is -5.20. The van der Waals surface area contributed by atoms with Crippen LogP contribution in [0, 0.1) is 5.41 Å². The van der Waals surface area contributed by atoms with Gasteiger partial charge in [-0.05, 0) is 57.2 Å². The first-order valence-electron chi connectivity index (χ1n) is 9.09. The van der Waals surface area contributed by atoms with Crippen molar-refractivity contribution in [3.05, 3.63) is 59.7 Å². The highest BCUT2D eigenvalue weighted by Crippen LogP contribution is 2.29. The van der Waals surface area contributed by atoms with Gasteiger partial charge in [-0.1, -0.05) is 12.1 Å². The van der Waals surface area contributed by atoms with Crippen molar-refractivity contribution < 1.29 is 32.5 Å². The molecule has 0 bridgehead atoms. The van der Waals surface area contributed by atoms with Crippen LogP contribution in [-0.4, -0.2) is 34.5 Å². The number of aliphatic carboxylic acids is 1. The Hall–Kier alpha value is -3.56. The molecule has 0 fully saturated rings. The monoisotopic (exact) mass is 437 g/mol. The minimum absolute atomic E-state index is 0.0442. The van der Waals surface area contributed by atoms with Gasteiger partial charge in [0.05, 0.1) is 5.56 Å². The van der Waals surface area contributed by atoms with Gasteiger partial charge < -0.3 is 20.3 Å². The fourth-order valence-corrected chi connectivity index (χ4v) is 2.29. The number of ether oxygens (including phenoxy) is 2. The number of halogens is 3. The standard InChI is InChI=1S/C21H22F3N3O4/c1-12(30-15-8-10-16(11-9-15)31-20(2,3)19(28)29)17(25)27-18(26)13-4-6-14(7-5-13)21(22,23)24/h4-12H,1-3H3,(H,28,29)(H3,25,26,27). The smallest absolute Gasteiger partial charge is 0.416 e. The number of carbonyl (C=O) groups is 1. The highest BCUT2D eigenvalue weighted by Gasteiger charge is 2.30. The Bertz CT molecular complexity index is 969. The third kappa shape index (κ3) is 6.46.